The Morgan fingerprint density at radius 2 is 1.98 bits per heavy atom. The lowest BCUT2D eigenvalue weighted by Crippen LogP contribution is -2.10. The molecule has 206 valence electrons. The standard InChI is InChI=1S/C31H26Cl2FN7/c1-17(2)41-16-29(39-40-41)23(22-5-3-4-19-13-36-15-25(19)22)8-18-9-24-30(38-21-6-7-28(34)26(32)11-21)20(12-35)14-37-31(24)27(33)10-18/h3-7,9-11,14,16-17,23,36H,8,13,15H2,1-2H3,(H,37,38)/t23-/m0/s1. The van der Waals surface area contributed by atoms with Crippen molar-refractivity contribution in [3.8, 4) is 6.07 Å². The van der Waals surface area contributed by atoms with Crippen molar-refractivity contribution in [1.29, 1.82) is 5.26 Å². The third-order valence-electron chi connectivity index (χ3n) is 7.45. The van der Waals surface area contributed by atoms with Crippen LogP contribution in [0.2, 0.25) is 10.0 Å². The zero-order valence-electron chi connectivity index (χ0n) is 22.4. The summed E-state index contributed by atoms with van der Waals surface area (Å²) in [6.45, 7) is 5.77. The van der Waals surface area contributed by atoms with E-state index in [0.717, 1.165) is 24.3 Å². The van der Waals surface area contributed by atoms with Crippen LogP contribution < -0.4 is 10.6 Å². The highest BCUT2D eigenvalue weighted by molar-refractivity contribution is 6.35. The number of halogens is 3. The average Bonchev–Trinajstić information content (AvgIpc) is 3.64. The summed E-state index contributed by atoms with van der Waals surface area (Å²) >= 11 is 12.8. The van der Waals surface area contributed by atoms with E-state index in [1.807, 2.05) is 23.0 Å². The van der Waals surface area contributed by atoms with Crippen LogP contribution in [-0.2, 0) is 19.5 Å². The minimum absolute atomic E-state index is 0.0206. The number of anilines is 2. The van der Waals surface area contributed by atoms with Gasteiger partial charge in [0.05, 0.1) is 32.5 Å². The number of fused-ring (bicyclic) bond motifs is 2. The van der Waals surface area contributed by atoms with Crippen LogP contribution in [-0.4, -0.2) is 20.0 Å². The number of nitrogens with one attached hydrogen (secondary N) is 2. The normalized spacial score (nSPS) is 13.4. The first-order chi connectivity index (χ1) is 19.8. The molecule has 10 heteroatoms. The van der Waals surface area contributed by atoms with Gasteiger partial charge in [0, 0.05) is 48.5 Å². The summed E-state index contributed by atoms with van der Waals surface area (Å²) in [6.07, 6.45) is 4.09. The molecule has 0 amide bonds. The van der Waals surface area contributed by atoms with Crippen molar-refractivity contribution in [3.63, 3.8) is 0 Å². The molecule has 0 spiro atoms. The number of aromatic nitrogens is 4. The molecule has 41 heavy (non-hydrogen) atoms. The van der Waals surface area contributed by atoms with Crippen LogP contribution in [0.1, 0.15) is 59.3 Å². The van der Waals surface area contributed by atoms with E-state index in [1.54, 1.807) is 6.07 Å². The van der Waals surface area contributed by atoms with Gasteiger partial charge in [-0.25, -0.2) is 9.07 Å². The molecule has 2 N–H and O–H groups in total. The Balaban J connectivity index is 1.47. The predicted octanol–water partition coefficient (Wildman–Crippen LogP) is 7.45. The molecule has 0 saturated heterocycles. The van der Waals surface area contributed by atoms with E-state index < -0.39 is 5.82 Å². The van der Waals surface area contributed by atoms with Crippen LogP contribution in [0, 0.1) is 17.1 Å². The molecule has 7 nitrogen and oxygen atoms in total. The molecule has 2 aromatic heterocycles. The Morgan fingerprint density at radius 1 is 1.12 bits per heavy atom. The summed E-state index contributed by atoms with van der Waals surface area (Å²) in [4.78, 5) is 4.48. The largest absolute Gasteiger partial charge is 0.354 e. The fourth-order valence-electron chi connectivity index (χ4n) is 5.37. The van der Waals surface area contributed by atoms with Crippen LogP contribution >= 0.6 is 23.2 Å². The zero-order chi connectivity index (χ0) is 28.7. The zero-order valence-corrected chi connectivity index (χ0v) is 23.9. The molecule has 0 aliphatic carbocycles. The van der Waals surface area contributed by atoms with Gasteiger partial charge in [0.25, 0.3) is 0 Å². The highest BCUT2D eigenvalue weighted by Gasteiger charge is 2.26. The first-order valence-corrected chi connectivity index (χ1v) is 14.0. The summed E-state index contributed by atoms with van der Waals surface area (Å²) in [5, 5.41) is 26.7. The van der Waals surface area contributed by atoms with E-state index in [9.17, 15) is 9.65 Å². The molecule has 0 saturated carbocycles. The van der Waals surface area contributed by atoms with Crippen LogP contribution in [0.3, 0.4) is 0 Å². The number of rotatable bonds is 7. The SMILES string of the molecule is CC(C)n1cc([C@@H](Cc2cc(Cl)c3ncc(C#N)c(Nc4ccc(F)c(Cl)c4)c3c2)c2cccc3c2CNC3)nn1. The fraction of sp³-hybridized carbons (Fsp3) is 0.226. The molecule has 3 heterocycles. The average molecular weight is 587 g/mol. The van der Waals surface area contributed by atoms with Crippen LogP contribution in [0.4, 0.5) is 15.8 Å². The second-order valence-electron chi connectivity index (χ2n) is 10.4. The minimum Gasteiger partial charge on any atom is -0.354 e. The van der Waals surface area contributed by atoms with Crippen LogP contribution in [0.15, 0.2) is 60.9 Å². The van der Waals surface area contributed by atoms with Crippen molar-refractivity contribution in [2.45, 2.75) is 45.3 Å². The van der Waals surface area contributed by atoms with E-state index in [2.05, 4.69) is 64.0 Å². The van der Waals surface area contributed by atoms with Crippen molar-refractivity contribution < 1.29 is 4.39 Å². The number of pyridine rings is 1. The van der Waals surface area contributed by atoms with Gasteiger partial charge in [-0.2, -0.15) is 5.26 Å². The van der Waals surface area contributed by atoms with Crippen LogP contribution in [0.5, 0.6) is 0 Å². The van der Waals surface area contributed by atoms with Gasteiger partial charge in [-0.15, -0.1) is 5.10 Å². The summed E-state index contributed by atoms with van der Waals surface area (Å²) in [5.74, 6) is -0.601. The Kier molecular flexibility index (Phi) is 7.35. The van der Waals surface area contributed by atoms with Gasteiger partial charge in [-0.05, 0) is 72.9 Å². The third kappa shape index (κ3) is 5.24. The third-order valence-corrected chi connectivity index (χ3v) is 8.03. The molecule has 0 bridgehead atoms. The molecular formula is C31H26Cl2FN7. The molecule has 3 aromatic carbocycles. The molecule has 1 aliphatic heterocycles. The number of nitrogens with zero attached hydrogens (tertiary/aromatic N) is 5. The smallest absolute Gasteiger partial charge is 0.141 e. The monoisotopic (exact) mass is 585 g/mol. The van der Waals surface area contributed by atoms with E-state index in [0.29, 0.717) is 39.3 Å². The molecule has 0 fully saturated rings. The molecule has 0 radical (unpaired) electrons. The van der Waals surface area contributed by atoms with Gasteiger partial charge in [0.1, 0.15) is 11.9 Å². The van der Waals surface area contributed by atoms with Gasteiger partial charge in [-0.3, -0.25) is 4.98 Å². The topological polar surface area (TPSA) is 91.5 Å². The Hall–Kier alpha value is -4.03. The van der Waals surface area contributed by atoms with Crippen molar-refractivity contribution in [3.05, 3.63) is 110 Å². The lowest BCUT2D eigenvalue weighted by atomic mass is 9.85. The highest BCUT2D eigenvalue weighted by Crippen LogP contribution is 2.38. The van der Waals surface area contributed by atoms with Crippen molar-refractivity contribution >= 4 is 45.5 Å². The predicted molar refractivity (Wildman–Crippen MR) is 159 cm³/mol. The molecule has 6 rings (SSSR count). The fourth-order valence-corrected chi connectivity index (χ4v) is 5.84. The molecule has 5 aromatic rings. The number of hydrogen-bond acceptors (Lipinski definition) is 6. The molecule has 0 unspecified atom stereocenters. The van der Waals surface area contributed by atoms with Crippen molar-refractivity contribution in [2.24, 2.45) is 0 Å². The number of nitriles is 1. The first-order valence-electron chi connectivity index (χ1n) is 13.3. The van der Waals surface area contributed by atoms with E-state index in [4.69, 9.17) is 23.2 Å². The summed E-state index contributed by atoms with van der Waals surface area (Å²) in [5.41, 5.74) is 7.54. The van der Waals surface area contributed by atoms with Gasteiger partial charge >= 0.3 is 0 Å². The van der Waals surface area contributed by atoms with Gasteiger partial charge in [-0.1, -0.05) is 46.6 Å². The van der Waals surface area contributed by atoms with Crippen molar-refractivity contribution in [1.82, 2.24) is 25.3 Å². The van der Waals surface area contributed by atoms with E-state index in [1.165, 1.54) is 35.0 Å². The molecular weight excluding hydrogens is 560 g/mol. The number of hydrogen-bond donors (Lipinski definition) is 2. The Bertz CT molecular complexity index is 1830. The van der Waals surface area contributed by atoms with Crippen LogP contribution in [0.25, 0.3) is 10.9 Å². The van der Waals surface area contributed by atoms with Gasteiger partial charge < -0.3 is 10.6 Å². The molecule has 1 aliphatic rings. The first kappa shape index (κ1) is 27.2. The van der Waals surface area contributed by atoms with E-state index in [-0.39, 0.29) is 17.0 Å². The Labute approximate surface area is 246 Å². The number of benzene rings is 3. The second-order valence-corrected chi connectivity index (χ2v) is 11.3. The second kappa shape index (κ2) is 11.1. The maximum Gasteiger partial charge on any atom is 0.141 e. The molecule has 1 atom stereocenters. The summed E-state index contributed by atoms with van der Waals surface area (Å²) < 4.78 is 15.7. The summed E-state index contributed by atoms with van der Waals surface area (Å²) in [7, 11) is 0. The quantitative estimate of drug-likeness (QED) is 0.206. The van der Waals surface area contributed by atoms with E-state index >= 15 is 0 Å². The lowest BCUT2D eigenvalue weighted by molar-refractivity contribution is 0.514. The lowest BCUT2D eigenvalue weighted by Gasteiger charge is -2.20. The van der Waals surface area contributed by atoms with Gasteiger partial charge in [0.15, 0.2) is 0 Å². The maximum absolute atomic E-state index is 13.8. The highest BCUT2D eigenvalue weighted by atomic mass is 35.5. The van der Waals surface area contributed by atoms with Gasteiger partial charge in [0.2, 0.25) is 0 Å². The summed E-state index contributed by atoms with van der Waals surface area (Å²) in [6, 6.07) is 17.0. The minimum atomic E-state index is -0.523. The Morgan fingerprint density at radius 3 is 2.73 bits per heavy atom. The van der Waals surface area contributed by atoms with Crippen molar-refractivity contribution in [2.75, 3.05) is 5.32 Å². The maximum atomic E-state index is 13.8.